The number of ether oxygens (including phenoxy) is 5. The average Bonchev–Trinajstić information content (AvgIpc) is 3.24. The van der Waals surface area contributed by atoms with Gasteiger partial charge in [-0.15, -0.1) is 0 Å². The van der Waals surface area contributed by atoms with Gasteiger partial charge in [0.15, 0.2) is 0 Å². The van der Waals surface area contributed by atoms with Crippen LogP contribution in [0.25, 0.3) is 0 Å². The van der Waals surface area contributed by atoms with E-state index in [-0.39, 0.29) is 43.8 Å². The number of esters is 5. The minimum atomic E-state index is -1.41. The van der Waals surface area contributed by atoms with Gasteiger partial charge in [0.25, 0.3) is 0 Å². The van der Waals surface area contributed by atoms with Crippen LogP contribution in [0.4, 0.5) is 0 Å². The molecular formula is C51H95NO10. The smallest absolute Gasteiger partial charge is 0.348 e. The number of unbranched alkanes of at least 4 members (excludes halogenated alkanes) is 20. The Labute approximate surface area is 379 Å². The Kier molecular flexibility index (Phi) is 41.7. The Hall–Kier alpha value is -2.69. The van der Waals surface area contributed by atoms with Gasteiger partial charge in [0.2, 0.25) is 6.10 Å². The topological polar surface area (TPSA) is 135 Å². The number of hydrogen-bond acceptors (Lipinski definition) is 11. The molecule has 3 atom stereocenters. The van der Waals surface area contributed by atoms with Crippen LogP contribution in [0.5, 0.6) is 0 Å². The molecule has 0 aliphatic heterocycles. The molecule has 0 spiro atoms. The van der Waals surface area contributed by atoms with Gasteiger partial charge in [-0.3, -0.25) is 19.2 Å². The Morgan fingerprint density at radius 3 is 1.16 bits per heavy atom. The molecular weight excluding hydrogens is 787 g/mol. The average molecular weight is 882 g/mol. The van der Waals surface area contributed by atoms with E-state index in [1.54, 1.807) is 0 Å². The van der Waals surface area contributed by atoms with Crippen LogP contribution in [0.3, 0.4) is 0 Å². The van der Waals surface area contributed by atoms with E-state index >= 15 is 0 Å². The van der Waals surface area contributed by atoms with E-state index in [0.29, 0.717) is 57.9 Å². The largest absolute Gasteiger partial charge is 0.466 e. The molecule has 0 amide bonds. The van der Waals surface area contributed by atoms with Crippen molar-refractivity contribution in [3.05, 3.63) is 0 Å². The van der Waals surface area contributed by atoms with Crippen LogP contribution in [0.1, 0.15) is 246 Å². The minimum Gasteiger partial charge on any atom is -0.466 e. The maximum atomic E-state index is 13.0. The second kappa shape index (κ2) is 43.6. The summed E-state index contributed by atoms with van der Waals surface area (Å²) < 4.78 is 28.1. The van der Waals surface area contributed by atoms with Gasteiger partial charge in [-0.1, -0.05) is 130 Å². The molecule has 0 saturated carbocycles. The fourth-order valence-corrected chi connectivity index (χ4v) is 7.38. The Morgan fingerprint density at radius 2 is 0.742 bits per heavy atom. The van der Waals surface area contributed by atoms with E-state index in [4.69, 9.17) is 23.7 Å². The highest BCUT2D eigenvalue weighted by atomic mass is 16.6. The normalized spacial score (nSPS) is 12.8. The van der Waals surface area contributed by atoms with Gasteiger partial charge in [-0.25, -0.2) is 4.79 Å². The standard InChI is InChI=1S/C51H95NO10/c1-7-11-15-19-21-27-35-44(33-25-17-13-9-3)60-47(53)37-29-23-31-41-58-50(56)43-46(62-49(55)39-40-52(5)6)51(57)59-42-32-24-30-38-48(54)61-45(34-26-18-14-10-4)36-28-22-20-16-12-8-2/h44-46H,7-43H2,1-6H3. The first-order chi connectivity index (χ1) is 30.1. The molecule has 0 rings (SSSR count). The number of carbonyl (C=O) groups excluding carboxylic acids is 5. The Bertz CT molecular complexity index is 1100. The molecule has 0 fully saturated rings. The van der Waals surface area contributed by atoms with Crippen molar-refractivity contribution in [1.82, 2.24) is 4.90 Å². The minimum absolute atomic E-state index is 0.0129. The maximum absolute atomic E-state index is 13.0. The van der Waals surface area contributed by atoms with Crippen LogP contribution in [-0.2, 0) is 47.7 Å². The summed E-state index contributed by atoms with van der Waals surface area (Å²) in [7, 11) is 3.65. The van der Waals surface area contributed by atoms with Crippen LogP contribution in [0.15, 0.2) is 0 Å². The van der Waals surface area contributed by atoms with Crippen LogP contribution in [0, 0.1) is 0 Å². The van der Waals surface area contributed by atoms with Crippen molar-refractivity contribution in [3.8, 4) is 0 Å². The first-order valence-electron chi connectivity index (χ1n) is 25.6. The van der Waals surface area contributed by atoms with Gasteiger partial charge in [0.05, 0.1) is 26.1 Å². The van der Waals surface area contributed by atoms with Crippen molar-refractivity contribution >= 4 is 29.8 Å². The van der Waals surface area contributed by atoms with Crippen LogP contribution < -0.4 is 0 Å². The SMILES string of the molecule is CCCCCCCCC(CCCCCC)OC(=O)CCCCCOC(=O)CC(OC(=O)CCN(C)C)C(=O)OCCCCCC(=O)OC(CCCCCC)CCCCCCCC. The van der Waals surface area contributed by atoms with E-state index in [1.165, 1.54) is 96.3 Å². The van der Waals surface area contributed by atoms with Gasteiger partial charge >= 0.3 is 29.8 Å². The summed E-state index contributed by atoms with van der Waals surface area (Å²) in [5.74, 6) is -2.39. The van der Waals surface area contributed by atoms with Crippen molar-refractivity contribution in [2.75, 3.05) is 33.9 Å². The van der Waals surface area contributed by atoms with E-state index in [1.807, 2.05) is 19.0 Å². The molecule has 3 unspecified atom stereocenters. The molecule has 11 heteroatoms. The predicted octanol–water partition coefficient (Wildman–Crippen LogP) is 12.7. The fourth-order valence-electron chi connectivity index (χ4n) is 7.38. The third-order valence-corrected chi connectivity index (χ3v) is 11.3. The third-order valence-electron chi connectivity index (χ3n) is 11.3. The summed E-state index contributed by atoms with van der Waals surface area (Å²) in [6.07, 6.45) is 30.0. The lowest BCUT2D eigenvalue weighted by Crippen LogP contribution is -2.33. The Balaban J connectivity index is 4.73. The molecule has 364 valence electrons. The molecule has 0 heterocycles. The van der Waals surface area contributed by atoms with E-state index in [0.717, 1.165) is 57.8 Å². The van der Waals surface area contributed by atoms with E-state index in [2.05, 4.69) is 27.7 Å². The zero-order valence-electron chi connectivity index (χ0n) is 40.9. The lowest BCUT2D eigenvalue weighted by molar-refractivity contribution is -0.172. The number of rotatable bonds is 45. The quantitative estimate of drug-likeness (QED) is 0.0328. The third kappa shape index (κ3) is 38.9. The summed E-state index contributed by atoms with van der Waals surface area (Å²) >= 11 is 0. The molecule has 0 saturated heterocycles. The summed E-state index contributed by atoms with van der Waals surface area (Å²) in [6, 6.07) is 0. The number of carbonyl (C=O) groups is 5. The van der Waals surface area contributed by atoms with Crippen LogP contribution in [-0.4, -0.2) is 86.9 Å². The van der Waals surface area contributed by atoms with Gasteiger partial charge in [0, 0.05) is 19.4 Å². The van der Waals surface area contributed by atoms with Gasteiger partial charge in [-0.2, -0.15) is 0 Å². The molecule has 0 aliphatic carbocycles. The van der Waals surface area contributed by atoms with Crippen molar-refractivity contribution in [2.24, 2.45) is 0 Å². The zero-order valence-corrected chi connectivity index (χ0v) is 40.9. The lowest BCUT2D eigenvalue weighted by Gasteiger charge is -2.18. The van der Waals surface area contributed by atoms with Gasteiger partial charge in [-0.05, 0) is 104 Å². The molecule has 0 aliphatic rings. The number of hydrogen-bond donors (Lipinski definition) is 0. The predicted molar refractivity (Wildman–Crippen MR) is 250 cm³/mol. The van der Waals surface area contributed by atoms with Crippen molar-refractivity contribution in [1.29, 1.82) is 0 Å². The molecule has 0 N–H and O–H groups in total. The maximum Gasteiger partial charge on any atom is 0.348 e. The second-order valence-electron chi connectivity index (χ2n) is 17.8. The molecule has 0 aromatic carbocycles. The fraction of sp³-hybridized carbons (Fsp3) is 0.902. The van der Waals surface area contributed by atoms with Crippen LogP contribution in [0.2, 0.25) is 0 Å². The lowest BCUT2D eigenvalue weighted by atomic mass is 10.0. The molecule has 62 heavy (non-hydrogen) atoms. The second-order valence-corrected chi connectivity index (χ2v) is 17.8. The highest BCUT2D eigenvalue weighted by Crippen LogP contribution is 2.19. The number of nitrogens with zero attached hydrogens (tertiary/aromatic N) is 1. The van der Waals surface area contributed by atoms with Gasteiger partial charge in [0.1, 0.15) is 12.2 Å². The summed E-state index contributed by atoms with van der Waals surface area (Å²) in [6.45, 7) is 9.47. The summed E-state index contributed by atoms with van der Waals surface area (Å²) in [4.78, 5) is 65.6. The Morgan fingerprint density at radius 1 is 0.387 bits per heavy atom. The first-order valence-corrected chi connectivity index (χ1v) is 25.6. The summed E-state index contributed by atoms with van der Waals surface area (Å²) in [5, 5.41) is 0. The van der Waals surface area contributed by atoms with Crippen molar-refractivity contribution in [2.45, 2.75) is 264 Å². The molecule has 0 bridgehead atoms. The monoisotopic (exact) mass is 882 g/mol. The molecule has 0 aromatic heterocycles. The van der Waals surface area contributed by atoms with Crippen molar-refractivity contribution < 1.29 is 47.7 Å². The molecule has 0 aromatic rings. The van der Waals surface area contributed by atoms with E-state index < -0.39 is 30.4 Å². The van der Waals surface area contributed by atoms with Gasteiger partial charge < -0.3 is 28.6 Å². The highest BCUT2D eigenvalue weighted by molar-refractivity contribution is 5.84. The van der Waals surface area contributed by atoms with E-state index in [9.17, 15) is 24.0 Å². The highest BCUT2D eigenvalue weighted by Gasteiger charge is 2.28. The summed E-state index contributed by atoms with van der Waals surface area (Å²) in [5.41, 5.74) is 0. The van der Waals surface area contributed by atoms with Crippen LogP contribution >= 0.6 is 0 Å². The molecule has 11 nitrogen and oxygen atoms in total. The first kappa shape index (κ1) is 59.3. The zero-order chi connectivity index (χ0) is 45.9. The van der Waals surface area contributed by atoms with Crippen molar-refractivity contribution in [3.63, 3.8) is 0 Å². The molecule has 0 radical (unpaired) electrons.